The van der Waals surface area contributed by atoms with Crippen LogP contribution in [-0.4, -0.2) is 25.6 Å². The number of carbonyl (C=O) groups is 1. The van der Waals surface area contributed by atoms with Gasteiger partial charge < -0.3 is 9.47 Å². The lowest BCUT2D eigenvalue weighted by Gasteiger charge is -2.24. The van der Waals surface area contributed by atoms with Gasteiger partial charge in [-0.2, -0.15) is 0 Å². The Kier molecular flexibility index (Phi) is 2.50. The number of Topliss-reactive ketones (excluding diaryl/α,β-unsaturated/α-hetero) is 1. The van der Waals surface area contributed by atoms with Crippen molar-refractivity contribution >= 4 is 5.78 Å². The highest BCUT2D eigenvalue weighted by Crippen LogP contribution is 2.25. The molecule has 2 rings (SSSR count). The first-order valence-corrected chi connectivity index (χ1v) is 4.57. The number of fused-ring (bicyclic) bond motifs is 1. The van der Waals surface area contributed by atoms with Crippen LogP contribution in [0.15, 0.2) is 24.3 Å². The number of ether oxygens (including phenoxy) is 2. The summed E-state index contributed by atoms with van der Waals surface area (Å²) in [5.41, 5.74) is 0.963. The van der Waals surface area contributed by atoms with E-state index in [-0.39, 0.29) is 5.78 Å². The molecule has 3 heteroatoms. The van der Waals surface area contributed by atoms with Gasteiger partial charge in [0.2, 0.25) is 0 Å². The Balaban J connectivity index is 2.22. The second kappa shape index (κ2) is 3.80. The van der Waals surface area contributed by atoms with E-state index in [0.717, 1.165) is 11.3 Å². The molecule has 0 aliphatic carbocycles. The number of rotatable bonds is 2. The van der Waals surface area contributed by atoms with Gasteiger partial charge in [-0.05, 0) is 6.07 Å². The van der Waals surface area contributed by atoms with Crippen LogP contribution < -0.4 is 4.74 Å². The van der Waals surface area contributed by atoms with E-state index in [1.54, 1.807) is 7.11 Å². The molecule has 0 spiro atoms. The number of hydrogen-bond donors (Lipinski definition) is 0. The minimum Gasteiger partial charge on any atom is -0.480 e. The normalized spacial score (nSPS) is 20.1. The second-order valence-electron chi connectivity index (χ2n) is 3.31. The Morgan fingerprint density at radius 1 is 1.50 bits per heavy atom. The van der Waals surface area contributed by atoms with Crippen molar-refractivity contribution in [3.63, 3.8) is 0 Å². The van der Waals surface area contributed by atoms with Gasteiger partial charge in [-0.1, -0.05) is 18.2 Å². The molecule has 1 aliphatic rings. The Hall–Kier alpha value is -1.35. The lowest BCUT2D eigenvalue weighted by atomic mass is 10.0. The first-order valence-electron chi connectivity index (χ1n) is 4.57. The molecule has 0 fully saturated rings. The van der Waals surface area contributed by atoms with E-state index in [1.807, 2.05) is 24.3 Å². The minimum atomic E-state index is -0.435. The molecule has 0 amide bonds. The molecule has 0 radical (unpaired) electrons. The molecule has 1 atom stereocenters. The molecule has 1 aliphatic heterocycles. The van der Waals surface area contributed by atoms with E-state index in [2.05, 4.69) is 0 Å². The van der Waals surface area contributed by atoms with Gasteiger partial charge >= 0.3 is 0 Å². The largest absolute Gasteiger partial charge is 0.480 e. The molecule has 1 heterocycles. The van der Waals surface area contributed by atoms with Gasteiger partial charge in [0.1, 0.15) is 5.75 Å². The van der Waals surface area contributed by atoms with Crippen molar-refractivity contribution in [2.45, 2.75) is 12.5 Å². The molecule has 1 unspecified atom stereocenters. The zero-order chi connectivity index (χ0) is 9.97. The second-order valence-corrected chi connectivity index (χ2v) is 3.31. The quantitative estimate of drug-likeness (QED) is 0.706. The molecule has 0 aromatic heterocycles. The first kappa shape index (κ1) is 9.21. The van der Waals surface area contributed by atoms with E-state index < -0.39 is 6.10 Å². The summed E-state index contributed by atoms with van der Waals surface area (Å²) in [5.74, 6) is 0.889. The average Bonchev–Trinajstić information content (AvgIpc) is 2.19. The summed E-state index contributed by atoms with van der Waals surface area (Å²) >= 11 is 0. The number of para-hydroxylation sites is 1. The van der Waals surface area contributed by atoms with Crippen LogP contribution in [-0.2, 0) is 16.0 Å². The summed E-state index contributed by atoms with van der Waals surface area (Å²) in [6, 6.07) is 7.60. The Bertz CT molecular complexity index is 346. The summed E-state index contributed by atoms with van der Waals surface area (Å²) in [7, 11) is 1.57. The molecule has 74 valence electrons. The van der Waals surface area contributed by atoms with Crippen LogP contribution in [0.3, 0.4) is 0 Å². The summed E-state index contributed by atoms with van der Waals surface area (Å²) in [5, 5.41) is 0. The zero-order valence-electron chi connectivity index (χ0n) is 8.03. The average molecular weight is 192 g/mol. The van der Waals surface area contributed by atoms with Crippen LogP contribution in [0.1, 0.15) is 5.56 Å². The van der Waals surface area contributed by atoms with Gasteiger partial charge in [-0.3, -0.25) is 4.79 Å². The lowest BCUT2D eigenvalue weighted by Crippen LogP contribution is -2.36. The zero-order valence-corrected chi connectivity index (χ0v) is 8.03. The smallest absolute Gasteiger partial charge is 0.180 e. The van der Waals surface area contributed by atoms with Crippen molar-refractivity contribution in [3.05, 3.63) is 29.8 Å². The fourth-order valence-electron chi connectivity index (χ4n) is 1.56. The van der Waals surface area contributed by atoms with E-state index in [0.29, 0.717) is 13.0 Å². The minimum absolute atomic E-state index is 0.0885. The molecule has 3 nitrogen and oxygen atoms in total. The van der Waals surface area contributed by atoms with Gasteiger partial charge in [0.25, 0.3) is 0 Å². The molecular formula is C11H12O3. The Labute approximate surface area is 82.6 Å². The number of ketones is 1. The van der Waals surface area contributed by atoms with Gasteiger partial charge in [-0.25, -0.2) is 0 Å². The molecule has 0 saturated heterocycles. The molecule has 1 aromatic carbocycles. The highest BCUT2D eigenvalue weighted by molar-refractivity contribution is 5.87. The van der Waals surface area contributed by atoms with Crippen LogP contribution in [0, 0.1) is 0 Å². The van der Waals surface area contributed by atoms with Crippen molar-refractivity contribution in [2.75, 3.05) is 13.7 Å². The summed E-state index contributed by atoms with van der Waals surface area (Å²) in [6.07, 6.45) is 0.0133. The molecule has 0 N–H and O–H groups in total. The summed E-state index contributed by atoms with van der Waals surface area (Å²) in [6.45, 7) is 0.327. The maximum atomic E-state index is 11.5. The number of hydrogen-bond acceptors (Lipinski definition) is 3. The topological polar surface area (TPSA) is 35.5 Å². The fourth-order valence-corrected chi connectivity index (χ4v) is 1.56. The number of carbonyl (C=O) groups excluding carboxylic acids is 1. The van der Waals surface area contributed by atoms with Crippen LogP contribution >= 0.6 is 0 Å². The number of benzene rings is 1. The van der Waals surface area contributed by atoms with Crippen LogP contribution in [0.25, 0.3) is 0 Å². The van der Waals surface area contributed by atoms with E-state index in [1.165, 1.54) is 0 Å². The van der Waals surface area contributed by atoms with Gasteiger partial charge in [0, 0.05) is 19.1 Å². The van der Waals surface area contributed by atoms with Gasteiger partial charge in [-0.15, -0.1) is 0 Å². The third-order valence-electron chi connectivity index (χ3n) is 2.28. The SMILES string of the molecule is COCC1Oc2ccccc2CC1=O. The molecular weight excluding hydrogens is 180 g/mol. The Morgan fingerprint density at radius 2 is 2.29 bits per heavy atom. The van der Waals surface area contributed by atoms with Crippen molar-refractivity contribution in [1.29, 1.82) is 0 Å². The molecule has 1 aromatic rings. The molecule has 0 saturated carbocycles. The van der Waals surface area contributed by atoms with Gasteiger partial charge in [0.15, 0.2) is 11.9 Å². The first-order chi connectivity index (χ1) is 6.81. The lowest BCUT2D eigenvalue weighted by molar-refractivity contribution is -0.128. The highest BCUT2D eigenvalue weighted by Gasteiger charge is 2.26. The predicted octanol–water partition coefficient (Wildman–Crippen LogP) is 1.21. The van der Waals surface area contributed by atoms with Crippen molar-refractivity contribution in [2.24, 2.45) is 0 Å². The van der Waals surface area contributed by atoms with Gasteiger partial charge in [0.05, 0.1) is 6.61 Å². The Morgan fingerprint density at radius 3 is 3.07 bits per heavy atom. The fraction of sp³-hybridized carbons (Fsp3) is 0.364. The molecule has 14 heavy (non-hydrogen) atoms. The third kappa shape index (κ3) is 1.63. The standard InChI is InChI=1S/C11H12O3/c1-13-7-11-9(12)6-8-4-2-3-5-10(8)14-11/h2-5,11H,6-7H2,1H3. The van der Waals surface area contributed by atoms with Crippen molar-refractivity contribution < 1.29 is 14.3 Å². The molecule has 0 bridgehead atoms. The van der Waals surface area contributed by atoms with E-state index in [9.17, 15) is 4.79 Å². The van der Waals surface area contributed by atoms with E-state index in [4.69, 9.17) is 9.47 Å². The third-order valence-corrected chi connectivity index (χ3v) is 2.28. The van der Waals surface area contributed by atoms with Crippen LogP contribution in [0.5, 0.6) is 5.75 Å². The number of methoxy groups -OCH3 is 1. The van der Waals surface area contributed by atoms with Crippen molar-refractivity contribution in [3.8, 4) is 5.75 Å². The maximum absolute atomic E-state index is 11.5. The predicted molar refractivity (Wildman–Crippen MR) is 51.4 cm³/mol. The van der Waals surface area contributed by atoms with E-state index >= 15 is 0 Å². The van der Waals surface area contributed by atoms with Crippen LogP contribution in [0.2, 0.25) is 0 Å². The monoisotopic (exact) mass is 192 g/mol. The summed E-state index contributed by atoms with van der Waals surface area (Å²) in [4.78, 5) is 11.5. The summed E-state index contributed by atoms with van der Waals surface area (Å²) < 4.78 is 10.4. The van der Waals surface area contributed by atoms with Crippen LogP contribution in [0.4, 0.5) is 0 Å². The van der Waals surface area contributed by atoms with Crippen molar-refractivity contribution in [1.82, 2.24) is 0 Å². The highest BCUT2D eigenvalue weighted by atomic mass is 16.5. The maximum Gasteiger partial charge on any atom is 0.180 e.